The van der Waals surface area contributed by atoms with Crippen molar-refractivity contribution in [1.29, 1.82) is 0 Å². The molecule has 0 spiro atoms. The fourth-order valence-electron chi connectivity index (χ4n) is 0.431. The Labute approximate surface area is 56.5 Å². The van der Waals surface area contributed by atoms with E-state index in [1.165, 1.54) is 6.33 Å². The zero-order valence-electron chi connectivity index (χ0n) is 4.98. The molecule has 0 unspecified atom stereocenters. The summed E-state index contributed by atoms with van der Waals surface area (Å²) < 4.78 is 0. The highest BCUT2D eigenvalue weighted by atomic mass is 16.1. The first-order valence-electron chi connectivity index (χ1n) is 2.47. The van der Waals surface area contributed by atoms with Crippen LogP contribution >= 0.6 is 0 Å². The highest BCUT2D eigenvalue weighted by Crippen LogP contribution is 1.94. The molecule has 1 aromatic heterocycles. The van der Waals surface area contributed by atoms with Gasteiger partial charge in [-0.3, -0.25) is 10.1 Å². The van der Waals surface area contributed by atoms with Gasteiger partial charge < -0.3 is 5.73 Å². The molecule has 1 heterocycles. The van der Waals surface area contributed by atoms with Gasteiger partial charge in [-0.05, 0) is 0 Å². The summed E-state index contributed by atoms with van der Waals surface area (Å²) in [5, 5.41) is 2.23. The summed E-state index contributed by atoms with van der Waals surface area (Å²) in [6, 6.07) is 0. The number of carbonyl (C=O) groups is 1. The maximum atomic E-state index is 9.83. The van der Waals surface area contributed by atoms with Crippen molar-refractivity contribution in [2.24, 2.45) is 0 Å². The van der Waals surface area contributed by atoms with Crippen molar-refractivity contribution in [2.75, 3.05) is 11.1 Å². The topological polar surface area (TPSA) is 93.8 Å². The number of nitrogens with zero attached hydrogens (tertiary/aromatic N) is 3. The number of nitrogen functional groups attached to an aromatic ring is 1. The molecule has 10 heavy (non-hydrogen) atoms. The number of nitrogens with one attached hydrogen (secondary N) is 1. The number of hydrogen-bond donors (Lipinski definition) is 2. The normalized spacial score (nSPS) is 8.80. The average molecular weight is 139 g/mol. The minimum absolute atomic E-state index is 0.0827. The van der Waals surface area contributed by atoms with E-state index in [-0.39, 0.29) is 11.9 Å². The highest BCUT2D eigenvalue weighted by molar-refractivity contribution is 5.66. The molecule has 0 aromatic carbocycles. The predicted molar refractivity (Wildman–Crippen MR) is 33.9 cm³/mol. The molecule has 6 heteroatoms. The van der Waals surface area contributed by atoms with Crippen LogP contribution in [-0.2, 0) is 4.79 Å². The standard InChI is InChI=1S/C4H5N5O/c5-3-6-1-7-4(9-3)8-2-10/h1-2H,(H3,5,6,7,8,9,10). The van der Waals surface area contributed by atoms with Crippen molar-refractivity contribution >= 4 is 18.3 Å². The summed E-state index contributed by atoms with van der Waals surface area (Å²) in [5.41, 5.74) is 5.17. The minimum Gasteiger partial charge on any atom is -0.368 e. The van der Waals surface area contributed by atoms with Crippen molar-refractivity contribution in [3.63, 3.8) is 0 Å². The highest BCUT2D eigenvalue weighted by Gasteiger charge is 1.92. The summed E-state index contributed by atoms with van der Waals surface area (Å²) >= 11 is 0. The van der Waals surface area contributed by atoms with Crippen LogP contribution in [0.15, 0.2) is 6.33 Å². The van der Waals surface area contributed by atoms with Crippen LogP contribution in [-0.4, -0.2) is 21.4 Å². The summed E-state index contributed by atoms with van der Waals surface area (Å²) in [6.45, 7) is 0. The van der Waals surface area contributed by atoms with Gasteiger partial charge in [-0.25, -0.2) is 9.97 Å². The number of nitrogens with two attached hydrogens (primary N) is 1. The summed E-state index contributed by atoms with van der Waals surface area (Å²) in [7, 11) is 0. The molecule has 1 rings (SSSR count). The maximum Gasteiger partial charge on any atom is 0.233 e. The molecule has 6 nitrogen and oxygen atoms in total. The number of rotatable bonds is 2. The van der Waals surface area contributed by atoms with Crippen molar-refractivity contribution in [3.8, 4) is 0 Å². The lowest BCUT2D eigenvalue weighted by Crippen LogP contribution is -2.03. The van der Waals surface area contributed by atoms with Gasteiger partial charge in [0.15, 0.2) is 0 Å². The molecule has 1 amide bonds. The van der Waals surface area contributed by atoms with Crippen molar-refractivity contribution in [1.82, 2.24) is 15.0 Å². The summed E-state index contributed by atoms with van der Waals surface area (Å²) in [4.78, 5) is 20.5. The largest absolute Gasteiger partial charge is 0.368 e. The van der Waals surface area contributed by atoms with Gasteiger partial charge in [0.05, 0.1) is 0 Å². The van der Waals surface area contributed by atoms with Crippen LogP contribution in [0.2, 0.25) is 0 Å². The Morgan fingerprint density at radius 2 is 2.40 bits per heavy atom. The molecule has 0 aliphatic rings. The maximum absolute atomic E-state index is 9.83. The summed E-state index contributed by atoms with van der Waals surface area (Å²) in [5.74, 6) is 0.238. The van der Waals surface area contributed by atoms with E-state index in [0.29, 0.717) is 6.41 Å². The van der Waals surface area contributed by atoms with Crippen LogP contribution < -0.4 is 11.1 Å². The van der Waals surface area contributed by atoms with Crippen molar-refractivity contribution in [2.45, 2.75) is 0 Å². The van der Waals surface area contributed by atoms with Crippen molar-refractivity contribution in [3.05, 3.63) is 6.33 Å². The molecule has 0 saturated carbocycles. The van der Waals surface area contributed by atoms with Crippen LogP contribution in [0.5, 0.6) is 0 Å². The van der Waals surface area contributed by atoms with E-state index < -0.39 is 0 Å². The Morgan fingerprint density at radius 1 is 1.60 bits per heavy atom. The Kier molecular flexibility index (Phi) is 1.74. The van der Waals surface area contributed by atoms with Gasteiger partial charge >= 0.3 is 0 Å². The lowest BCUT2D eigenvalue weighted by molar-refractivity contribution is -0.105. The fourth-order valence-corrected chi connectivity index (χ4v) is 0.431. The Morgan fingerprint density at radius 3 is 3.00 bits per heavy atom. The van der Waals surface area contributed by atoms with Crippen molar-refractivity contribution < 1.29 is 4.79 Å². The smallest absolute Gasteiger partial charge is 0.233 e. The second-order valence-electron chi connectivity index (χ2n) is 1.43. The molecule has 0 fully saturated rings. The van der Waals surface area contributed by atoms with Crippen LogP contribution in [0, 0.1) is 0 Å². The number of anilines is 2. The van der Waals surface area contributed by atoms with Gasteiger partial charge in [0.2, 0.25) is 18.3 Å². The van der Waals surface area contributed by atoms with Gasteiger partial charge in [-0.2, -0.15) is 4.98 Å². The molecule has 52 valence electrons. The molecule has 3 N–H and O–H groups in total. The molecular weight excluding hydrogens is 134 g/mol. The van der Waals surface area contributed by atoms with Crippen LogP contribution in [0.1, 0.15) is 0 Å². The molecule has 0 radical (unpaired) electrons. The van der Waals surface area contributed by atoms with Gasteiger partial charge in [0, 0.05) is 0 Å². The van der Waals surface area contributed by atoms with Crippen LogP contribution in [0.3, 0.4) is 0 Å². The number of amides is 1. The van der Waals surface area contributed by atoms with E-state index in [0.717, 1.165) is 0 Å². The second kappa shape index (κ2) is 2.72. The second-order valence-corrected chi connectivity index (χ2v) is 1.43. The molecule has 0 atom stereocenters. The Hall–Kier alpha value is -1.72. The monoisotopic (exact) mass is 139 g/mol. The first-order valence-corrected chi connectivity index (χ1v) is 2.47. The quantitative estimate of drug-likeness (QED) is 0.513. The van der Waals surface area contributed by atoms with Gasteiger partial charge in [0.1, 0.15) is 6.33 Å². The lowest BCUT2D eigenvalue weighted by atomic mass is 10.9. The first kappa shape index (κ1) is 6.40. The zero-order chi connectivity index (χ0) is 7.40. The molecule has 0 aliphatic heterocycles. The van der Waals surface area contributed by atoms with Gasteiger partial charge in [-0.15, -0.1) is 0 Å². The molecular formula is C4H5N5O. The molecule has 0 bridgehead atoms. The van der Waals surface area contributed by atoms with Gasteiger partial charge in [0.25, 0.3) is 0 Å². The van der Waals surface area contributed by atoms with E-state index in [1.54, 1.807) is 0 Å². The number of aromatic nitrogens is 3. The third-order valence-electron chi connectivity index (χ3n) is 0.779. The summed E-state index contributed by atoms with van der Waals surface area (Å²) in [6.07, 6.45) is 1.68. The minimum atomic E-state index is 0.0827. The lowest BCUT2D eigenvalue weighted by Gasteiger charge is -1.93. The Balaban J connectivity index is 2.84. The average Bonchev–Trinajstić information content (AvgIpc) is 1.88. The molecule has 0 saturated heterocycles. The predicted octanol–water partition coefficient (Wildman–Crippen LogP) is -0.978. The van der Waals surface area contributed by atoms with Gasteiger partial charge in [-0.1, -0.05) is 0 Å². The first-order chi connectivity index (χ1) is 4.83. The van der Waals surface area contributed by atoms with E-state index in [1.807, 2.05) is 0 Å². The fraction of sp³-hybridized carbons (Fsp3) is 0. The Bertz CT molecular complexity index is 237. The van der Waals surface area contributed by atoms with E-state index >= 15 is 0 Å². The SMILES string of the molecule is Nc1ncnc(NC=O)n1. The van der Waals surface area contributed by atoms with Crippen LogP contribution in [0.4, 0.5) is 11.9 Å². The third kappa shape index (κ3) is 1.38. The van der Waals surface area contributed by atoms with E-state index in [4.69, 9.17) is 5.73 Å². The third-order valence-corrected chi connectivity index (χ3v) is 0.779. The zero-order valence-corrected chi connectivity index (χ0v) is 4.98. The molecule has 1 aromatic rings. The van der Waals surface area contributed by atoms with Crippen LogP contribution in [0.25, 0.3) is 0 Å². The number of hydrogen-bond acceptors (Lipinski definition) is 5. The van der Waals surface area contributed by atoms with E-state index in [2.05, 4.69) is 20.3 Å². The number of carbonyl (C=O) groups excluding carboxylic acids is 1. The molecule has 0 aliphatic carbocycles. The van der Waals surface area contributed by atoms with E-state index in [9.17, 15) is 4.79 Å².